The number of aromatic amines is 1. The molecule has 8 nitrogen and oxygen atoms in total. The second-order valence-corrected chi connectivity index (χ2v) is 5.93. The van der Waals surface area contributed by atoms with Gasteiger partial charge in [-0.15, -0.1) is 0 Å². The highest BCUT2D eigenvalue weighted by atomic mass is 35.5. The average molecular weight is 374 g/mol. The van der Waals surface area contributed by atoms with Crippen molar-refractivity contribution in [3.05, 3.63) is 74.4 Å². The Bertz CT molecular complexity index is 1020. The summed E-state index contributed by atoms with van der Waals surface area (Å²) in [5, 5.41) is 10.9. The van der Waals surface area contributed by atoms with Crippen LogP contribution in [0.25, 0.3) is 5.69 Å². The minimum absolute atomic E-state index is 0.0813. The molecule has 0 amide bonds. The van der Waals surface area contributed by atoms with Crippen LogP contribution in [0.2, 0.25) is 5.02 Å². The number of aliphatic imine (C=N–C) groups is 1. The second kappa shape index (κ2) is 7.83. The van der Waals surface area contributed by atoms with Crippen LogP contribution >= 0.6 is 11.6 Å². The third kappa shape index (κ3) is 3.92. The molecule has 26 heavy (non-hydrogen) atoms. The minimum Gasteiger partial charge on any atom is -0.493 e. The summed E-state index contributed by atoms with van der Waals surface area (Å²) in [6, 6.07) is 6.29. The number of rotatable bonds is 6. The minimum atomic E-state index is -0.743. The number of halogens is 1. The lowest BCUT2D eigenvalue weighted by atomic mass is 10.3. The molecule has 0 bridgehead atoms. The Morgan fingerprint density at radius 3 is 2.73 bits per heavy atom. The Morgan fingerprint density at radius 2 is 2.04 bits per heavy atom. The summed E-state index contributed by atoms with van der Waals surface area (Å²) >= 11 is 5.84. The van der Waals surface area contributed by atoms with E-state index in [0.717, 1.165) is 17.5 Å². The van der Waals surface area contributed by atoms with Gasteiger partial charge in [0.1, 0.15) is 5.56 Å². The van der Waals surface area contributed by atoms with Crippen molar-refractivity contribution in [1.82, 2.24) is 19.1 Å². The number of aromatic nitrogens is 4. The van der Waals surface area contributed by atoms with E-state index in [9.17, 15) is 14.7 Å². The zero-order chi connectivity index (χ0) is 18.5. The van der Waals surface area contributed by atoms with Crippen molar-refractivity contribution in [2.45, 2.75) is 13.0 Å². The summed E-state index contributed by atoms with van der Waals surface area (Å²) in [4.78, 5) is 34.4. The first-order valence-electron chi connectivity index (χ1n) is 7.86. The summed E-state index contributed by atoms with van der Waals surface area (Å²) in [6.07, 6.45) is 7.27. The predicted molar refractivity (Wildman–Crippen MR) is 98.6 cm³/mol. The molecule has 0 aliphatic heterocycles. The number of hydrogen-bond donors (Lipinski definition) is 2. The Labute approximate surface area is 153 Å². The van der Waals surface area contributed by atoms with Gasteiger partial charge in [0.2, 0.25) is 5.88 Å². The molecule has 134 valence electrons. The van der Waals surface area contributed by atoms with Crippen molar-refractivity contribution in [1.29, 1.82) is 0 Å². The van der Waals surface area contributed by atoms with Gasteiger partial charge in [0.25, 0.3) is 5.56 Å². The summed E-state index contributed by atoms with van der Waals surface area (Å²) in [5.41, 5.74) is -1.15. The molecule has 0 aliphatic rings. The van der Waals surface area contributed by atoms with Crippen LogP contribution in [0.15, 0.2) is 57.6 Å². The molecule has 0 spiro atoms. The smallest absolute Gasteiger partial charge is 0.335 e. The lowest BCUT2D eigenvalue weighted by Crippen LogP contribution is -2.31. The van der Waals surface area contributed by atoms with Gasteiger partial charge in [-0.25, -0.2) is 14.3 Å². The van der Waals surface area contributed by atoms with Gasteiger partial charge < -0.3 is 9.67 Å². The number of aryl methyl sites for hydroxylation is 1. The van der Waals surface area contributed by atoms with E-state index in [0.29, 0.717) is 17.3 Å². The van der Waals surface area contributed by atoms with E-state index < -0.39 is 17.1 Å². The summed E-state index contributed by atoms with van der Waals surface area (Å²) in [6.45, 7) is 1.20. The Balaban J connectivity index is 1.81. The SMILES string of the molecule is O=c1[nH]c(=O)n(-c2ccc(Cl)cc2)c(O)c1C=NCCCn1ccnc1. The first-order valence-corrected chi connectivity index (χ1v) is 8.24. The van der Waals surface area contributed by atoms with E-state index in [1.165, 1.54) is 6.21 Å². The van der Waals surface area contributed by atoms with E-state index in [4.69, 9.17) is 11.6 Å². The summed E-state index contributed by atoms with van der Waals surface area (Å²) < 4.78 is 2.91. The number of hydrogen-bond acceptors (Lipinski definition) is 5. The van der Waals surface area contributed by atoms with Crippen molar-refractivity contribution < 1.29 is 5.11 Å². The molecular formula is C17H16ClN5O3. The maximum absolute atomic E-state index is 12.1. The van der Waals surface area contributed by atoms with Crippen LogP contribution in [0.1, 0.15) is 12.0 Å². The molecule has 0 saturated heterocycles. The highest BCUT2D eigenvalue weighted by Crippen LogP contribution is 2.17. The fraction of sp³-hybridized carbons (Fsp3) is 0.176. The maximum atomic E-state index is 12.1. The van der Waals surface area contributed by atoms with Crippen LogP contribution in [-0.4, -0.2) is 37.0 Å². The largest absolute Gasteiger partial charge is 0.493 e. The number of nitrogens with one attached hydrogen (secondary N) is 1. The standard InChI is InChI=1S/C17H16ClN5O3/c18-12-2-4-13(5-3-12)23-16(25)14(15(24)21-17(23)26)10-19-6-1-8-22-9-7-20-11-22/h2-5,7,9-11,25H,1,6,8H2,(H,21,24,26). The van der Waals surface area contributed by atoms with Crippen LogP contribution in [0, 0.1) is 0 Å². The van der Waals surface area contributed by atoms with E-state index in [1.54, 1.807) is 36.8 Å². The fourth-order valence-electron chi connectivity index (χ4n) is 2.40. The molecule has 0 atom stereocenters. The molecule has 9 heteroatoms. The van der Waals surface area contributed by atoms with Crippen molar-refractivity contribution in [3.63, 3.8) is 0 Å². The highest BCUT2D eigenvalue weighted by molar-refractivity contribution is 6.30. The summed E-state index contributed by atoms with van der Waals surface area (Å²) in [7, 11) is 0. The molecule has 0 aliphatic carbocycles. The first kappa shape index (κ1) is 17.7. The van der Waals surface area contributed by atoms with E-state index >= 15 is 0 Å². The van der Waals surface area contributed by atoms with Crippen LogP contribution in [0.3, 0.4) is 0 Å². The number of aromatic hydroxyl groups is 1. The number of benzene rings is 1. The van der Waals surface area contributed by atoms with Crippen LogP contribution in [0.5, 0.6) is 5.88 Å². The molecule has 0 unspecified atom stereocenters. The average Bonchev–Trinajstić information content (AvgIpc) is 3.12. The number of nitrogens with zero attached hydrogens (tertiary/aromatic N) is 4. The Kier molecular flexibility index (Phi) is 5.33. The Morgan fingerprint density at radius 1 is 1.27 bits per heavy atom. The normalized spacial score (nSPS) is 11.3. The molecule has 1 aromatic carbocycles. The van der Waals surface area contributed by atoms with Crippen molar-refractivity contribution >= 4 is 17.8 Å². The molecule has 2 heterocycles. The molecule has 2 N–H and O–H groups in total. The number of imidazole rings is 1. The lowest BCUT2D eigenvalue weighted by Gasteiger charge is -2.09. The maximum Gasteiger partial charge on any atom is 0.335 e. The predicted octanol–water partition coefficient (Wildman–Crippen LogP) is 1.59. The van der Waals surface area contributed by atoms with Crippen molar-refractivity contribution in [2.75, 3.05) is 6.54 Å². The topological polar surface area (TPSA) is 105 Å². The van der Waals surface area contributed by atoms with Crippen LogP contribution in [-0.2, 0) is 6.54 Å². The molecule has 0 saturated carbocycles. The van der Waals surface area contributed by atoms with Crippen molar-refractivity contribution in [3.8, 4) is 11.6 Å². The third-order valence-corrected chi connectivity index (χ3v) is 3.94. The third-order valence-electron chi connectivity index (χ3n) is 3.69. The fourth-order valence-corrected chi connectivity index (χ4v) is 2.53. The summed E-state index contributed by atoms with van der Waals surface area (Å²) in [5.74, 6) is -0.473. The van der Waals surface area contributed by atoms with Gasteiger partial charge in [0.05, 0.1) is 12.0 Å². The zero-order valence-electron chi connectivity index (χ0n) is 13.7. The molecule has 2 aromatic heterocycles. The van der Waals surface area contributed by atoms with Crippen LogP contribution < -0.4 is 11.2 Å². The highest BCUT2D eigenvalue weighted by Gasteiger charge is 2.13. The second-order valence-electron chi connectivity index (χ2n) is 5.50. The molecule has 0 fully saturated rings. The van der Waals surface area contributed by atoms with Gasteiger partial charge in [-0.05, 0) is 30.7 Å². The van der Waals surface area contributed by atoms with Gasteiger partial charge in [-0.2, -0.15) is 0 Å². The molecule has 3 aromatic rings. The van der Waals surface area contributed by atoms with Crippen LogP contribution in [0.4, 0.5) is 0 Å². The van der Waals surface area contributed by atoms with Crippen molar-refractivity contribution in [2.24, 2.45) is 4.99 Å². The van der Waals surface area contributed by atoms with E-state index in [-0.39, 0.29) is 5.56 Å². The quantitative estimate of drug-likeness (QED) is 0.505. The van der Waals surface area contributed by atoms with E-state index in [2.05, 4.69) is 15.0 Å². The van der Waals surface area contributed by atoms with Gasteiger partial charge in [-0.3, -0.25) is 14.8 Å². The molecule has 3 rings (SSSR count). The van der Waals surface area contributed by atoms with Gasteiger partial charge in [-0.1, -0.05) is 11.6 Å². The number of H-pyrrole nitrogens is 1. The van der Waals surface area contributed by atoms with Gasteiger partial charge >= 0.3 is 5.69 Å². The van der Waals surface area contributed by atoms with Gasteiger partial charge in [0.15, 0.2) is 0 Å². The zero-order valence-corrected chi connectivity index (χ0v) is 14.4. The first-order chi connectivity index (χ1) is 12.6. The van der Waals surface area contributed by atoms with Gasteiger partial charge in [0, 0.05) is 36.7 Å². The molecule has 0 radical (unpaired) electrons. The van der Waals surface area contributed by atoms with E-state index in [1.807, 2.05) is 10.8 Å². The monoisotopic (exact) mass is 373 g/mol. The Hall–Kier alpha value is -3.13. The lowest BCUT2D eigenvalue weighted by molar-refractivity contribution is 0.430. The molecular weight excluding hydrogens is 358 g/mol.